The molecule has 2 heterocycles. The number of anilines is 2. The summed E-state index contributed by atoms with van der Waals surface area (Å²) in [7, 11) is 0. The summed E-state index contributed by atoms with van der Waals surface area (Å²) >= 11 is 5.68. The molecule has 1 atom stereocenters. The van der Waals surface area contributed by atoms with Gasteiger partial charge in [0.2, 0.25) is 0 Å². The van der Waals surface area contributed by atoms with E-state index in [4.69, 9.17) is 21.7 Å². The molecule has 0 N–H and O–H groups in total. The number of halogens is 3. The fourth-order valence-electron chi connectivity index (χ4n) is 5.69. The number of carbonyl (C=O) groups is 2. The summed E-state index contributed by atoms with van der Waals surface area (Å²) in [4.78, 5) is 32.8. The van der Waals surface area contributed by atoms with Crippen LogP contribution in [-0.2, 0) is 22.1 Å². The molecule has 0 bridgehead atoms. The van der Waals surface area contributed by atoms with E-state index in [0.29, 0.717) is 50.6 Å². The van der Waals surface area contributed by atoms with Crippen LogP contribution in [0.3, 0.4) is 0 Å². The zero-order valence-electron chi connectivity index (χ0n) is 27.2. The van der Waals surface area contributed by atoms with Crippen molar-refractivity contribution in [1.82, 2.24) is 9.80 Å². The largest absolute Gasteiger partial charge is 0.492 e. The van der Waals surface area contributed by atoms with Crippen molar-refractivity contribution < 1.29 is 32.2 Å². The molecular weight excluding hydrogens is 619 g/mol. The number of nitrogens with zero attached hydrogens (tertiary/aromatic N) is 5. The molecule has 1 unspecified atom stereocenters. The molecule has 2 aliphatic rings. The Morgan fingerprint density at radius 2 is 1.78 bits per heavy atom. The lowest BCUT2D eigenvalue weighted by Crippen LogP contribution is -2.55. The molecule has 0 aliphatic carbocycles. The van der Waals surface area contributed by atoms with Gasteiger partial charge in [-0.05, 0) is 102 Å². The van der Waals surface area contributed by atoms with E-state index < -0.39 is 34.4 Å². The summed E-state index contributed by atoms with van der Waals surface area (Å²) in [6, 6.07) is 10.2. The molecule has 0 saturated carbocycles. The van der Waals surface area contributed by atoms with Crippen LogP contribution >= 0.6 is 12.2 Å². The maximum Gasteiger partial charge on any atom is 0.417 e. The van der Waals surface area contributed by atoms with Crippen LogP contribution in [0, 0.1) is 11.3 Å². The first-order valence-electron chi connectivity index (χ1n) is 15.2. The van der Waals surface area contributed by atoms with Gasteiger partial charge >= 0.3 is 12.3 Å². The Labute approximate surface area is 273 Å². The lowest BCUT2D eigenvalue weighted by molar-refractivity contribution is -0.137. The van der Waals surface area contributed by atoms with Crippen LogP contribution in [-0.4, -0.2) is 76.9 Å². The van der Waals surface area contributed by atoms with E-state index in [1.54, 1.807) is 35.8 Å². The summed E-state index contributed by atoms with van der Waals surface area (Å²) in [5, 5.41) is 9.21. The Hall–Kier alpha value is -3.89. The first-order valence-corrected chi connectivity index (χ1v) is 15.6. The van der Waals surface area contributed by atoms with Crippen LogP contribution in [0.5, 0.6) is 5.75 Å². The van der Waals surface area contributed by atoms with Gasteiger partial charge in [-0.25, -0.2) is 4.79 Å². The van der Waals surface area contributed by atoms with E-state index in [-0.39, 0.29) is 22.9 Å². The number of nitriles is 1. The van der Waals surface area contributed by atoms with Gasteiger partial charge in [0.25, 0.3) is 5.91 Å². The third kappa shape index (κ3) is 7.23. The molecule has 9 nitrogen and oxygen atoms in total. The number of aryl methyl sites for hydroxylation is 1. The third-order valence-electron chi connectivity index (χ3n) is 8.04. The highest BCUT2D eigenvalue weighted by Crippen LogP contribution is 2.40. The van der Waals surface area contributed by atoms with Crippen molar-refractivity contribution in [3.05, 3.63) is 53.1 Å². The van der Waals surface area contributed by atoms with Crippen molar-refractivity contribution in [2.75, 3.05) is 42.6 Å². The van der Waals surface area contributed by atoms with Crippen LogP contribution in [0.4, 0.5) is 29.3 Å². The Morgan fingerprint density at radius 3 is 2.37 bits per heavy atom. The summed E-state index contributed by atoms with van der Waals surface area (Å²) in [6.45, 7) is 15.9. The quantitative estimate of drug-likeness (QED) is 0.317. The highest BCUT2D eigenvalue weighted by atomic mass is 32.1. The summed E-state index contributed by atoms with van der Waals surface area (Å²) in [5.74, 6) is 0.189. The molecule has 46 heavy (non-hydrogen) atoms. The van der Waals surface area contributed by atoms with Gasteiger partial charge in [-0.1, -0.05) is 6.92 Å². The fourth-order valence-corrected chi connectivity index (χ4v) is 6.22. The average molecular weight is 660 g/mol. The molecule has 2 saturated heterocycles. The van der Waals surface area contributed by atoms with Crippen LogP contribution in [0.25, 0.3) is 0 Å². The van der Waals surface area contributed by atoms with Gasteiger partial charge in [0.15, 0.2) is 5.11 Å². The second-order valence-electron chi connectivity index (χ2n) is 13.0. The van der Waals surface area contributed by atoms with Gasteiger partial charge < -0.3 is 19.3 Å². The normalized spacial score (nSPS) is 19.0. The van der Waals surface area contributed by atoms with Gasteiger partial charge in [-0.15, -0.1) is 0 Å². The van der Waals surface area contributed by atoms with E-state index in [1.807, 2.05) is 46.8 Å². The van der Waals surface area contributed by atoms with Crippen molar-refractivity contribution in [2.24, 2.45) is 0 Å². The Balaban J connectivity index is 1.46. The van der Waals surface area contributed by atoms with E-state index in [0.717, 1.165) is 22.6 Å². The predicted octanol–water partition coefficient (Wildman–Crippen LogP) is 6.38. The minimum Gasteiger partial charge on any atom is -0.492 e. The first kappa shape index (κ1) is 35.0. The average Bonchev–Trinajstić information content (AvgIpc) is 3.14. The molecule has 4 rings (SSSR count). The van der Waals surface area contributed by atoms with Crippen molar-refractivity contribution >= 4 is 40.7 Å². The van der Waals surface area contributed by atoms with Crippen LogP contribution in [0.15, 0.2) is 36.4 Å². The maximum atomic E-state index is 13.7. The Kier molecular flexibility index (Phi) is 9.94. The Morgan fingerprint density at radius 1 is 1.11 bits per heavy atom. The number of piperazine rings is 1. The molecule has 13 heteroatoms. The number of ether oxygens (including phenoxy) is 2. The molecule has 0 aromatic heterocycles. The summed E-state index contributed by atoms with van der Waals surface area (Å²) < 4.78 is 52.8. The number of alkyl halides is 3. The number of hydrogen-bond donors (Lipinski definition) is 0. The summed E-state index contributed by atoms with van der Waals surface area (Å²) in [5.41, 5.74) is -2.00. The monoisotopic (exact) mass is 659 g/mol. The van der Waals surface area contributed by atoms with Crippen molar-refractivity contribution in [3.63, 3.8) is 0 Å². The number of benzene rings is 2. The van der Waals surface area contributed by atoms with Crippen molar-refractivity contribution in [3.8, 4) is 11.8 Å². The second kappa shape index (κ2) is 13.1. The van der Waals surface area contributed by atoms with Gasteiger partial charge in [0.05, 0.1) is 22.9 Å². The van der Waals surface area contributed by atoms with Gasteiger partial charge in [-0.3, -0.25) is 14.6 Å². The highest BCUT2D eigenvalue weighted by molar-refractivity contribution is 7.81. The lowest BCUT2D eigenvalue weighted by atomic mass is 10.0. The van der Waals surface area contributed by atoms with E-state index >= 15 is 0 Å². The minimum absolute atomic E-state index is 0.00616. The van der Waals surface area contributed by atoms with Crippen LogP contribution in [0.1, 0.15) is 65.2 Å². The molecule has 248 valence electrons. The molecular formula is C33H40F3N5O4S. The first-order chi connectivity index (χ1) is 21.4. The van der Waals surface area contributed by atoms with Crippen molar-refractivity contribution in [2.45, 2.75) is 78.2 Å². The van der Waals surface area contributed by atoms with E-state index in [1.165, 1.54) is 6.07 Å². The summed E-state index contributed by atoms with van der Waals surface area (Å²) in [6.07, 6.45) is -4.46. The van der Waals surface area contributed by atoms with Crippen LogP contribution < -0.4 is 14.5 Å². The molecule has 2 aliphatic heterocycles. The molecule has 2 aromatic rings. The minimum atomic E-state index is -4.78. The SMILES string of the molecule is CCc1cc(N2C(=S)N(c3ccc(C#N)c(C(F)(F)F)c3)C(=O)C2(C)C)ccc1OCCN1CCN(C(=O)OC(C)(C)C)C(C)C1. The third-order valence-corrected chi connectivity index (χ3v) is 8.41. The number of carbonyl (C=O) groups excluding carboxylic acids is 2. The standard InChI is InChI=1S/C33H40F3N5O4S/c1-8-22-17-25(11-12-27(22)44-16-15-38-13-14-39(21(2)20-38)30(43)45-31(3,4)5)41-29(46)40(28(42)32(41,6)7)24-10-9-23(19-37)26(18-24)33(34,35)36/h9-12,17-18,21H,8,13-16,20H2,1-7H3. The number of rotatable bonds is 7. The van der Waals surface area contributed by atoms with Crippen LogP contribution in [0.2, 0.25) is 0 Å². The van der Waals surface area contributed by atoms with E-state index in [2.05, 4.69) is 4.90 Å². The zero-order valence-corrected chi connectivity index (χ0v) is 28.0. The molecule has 0 spiro atoms. The molecule has 2 amide bonds. The number of thiocarbonyl (C=S) groups is 1. The predicted molar refractivity (Wildman–Crippen MR) is 173 cm³/mol. The second-order valence-corrected chi connectivity index (χ2v) is 13.3. The number of hydrogen-bond acceptors (Lipinski definition) is 7. The van der Waals surface area contributed by atoms with Crippen molar-refractivity contribution in [1.29, 1.82) is 5.26 Å². The van der Waals surface area contributed by atoms with Gasteiger partial charge in [0.1, 0.15) is 23.5 Å². The fraction of sp³-hybridized carbons (Fsp3) is 0.515. The topological polar surface area (TPSA) is 89.4 Å². The smallest absolute Gasteiger partial charge is 0.417 e. The molecule has 2 fully saturated rings. The van der Waals surface area contributed by atoms with E-state index in [9.17, 15) is 28.0 Å². The zero-order chi connectivity index (χ0) is 34.2. The number of amides is 2. The van der Waals surface area contributed by atoms with Gasteiger partial charge in [-0.2, -0.15) is 18.4 Å². The lowest BCUT2D eigenvalue weighted by Gasteiger charge is -2.40. The maximum absolute atomic E-state index is 13.7. The highest BCUT2D eigenvalue weighted by Gasteiger charge is 2.51. The Bertz CT molecular complexity index is 1550. The molecule has 0 radical (unpaired) electrons. The molecule has 2 aromatic carbocycles. The van der Waals surface area contributed by atoms with Gasteiger partial charge in [0, 0.05) is 37.9 Å².